The van der Waals surface area contributed by atoms with Crippen LogP contribution in [0.3, 0.4) is 0 Å². The summed E-state index contributed by atoms with van der Waals surface area (Å²) in [5, 5.41) is 2.90. The van der Waals surface area contributed by atoms with E-state index in [-0.39, 0.29) is 11.8 Å². The van der Waals surface area contributed by atoms with Crippen LogP contribution in [0.15, 0.2) is 48.5 Å². The van der Waals surface area contributed by atoms with Crippen LogP contribution >= 0.6 is 0 Å². The Morgan fingerprint density at radius 3 is 2.57 bits per heavy atom. The minimum Gasteiger partial charge on any atom is -0.497 e. The molecule has 0 bridgehead atoms. The molecule has 2 aromatic carbocycles. The van der Waals surface area contributed by atoms with Crippen molar-refractivity contribution in [2.24, 2.45) is 0 Å². The first-order valence-corrected chi connectivity index (χ1v) is 9.49. The molecule has 1 unspecified atom stereocenters. The minimum atomic E-state index is -0.446. The highest BCUT2D eigenvalue weighted by atomic mass is 16.5. The smallest absolute Gasteiger partial charge is 0.247 e. The molecule has 1 heterocycles. The molecule has 2 amide bonds. The van der Waals surface area contributed by atoms with Gasteiger partial charge in [-0.25, -0.2) is 0 Å². The number of likely N-dealkylation sites (tertiary alicyclic amines) is 1. The van der Waals surface area contributed by atoms with Gasteiger partial charge in [-0.15, -0.1) is 0 Å². The van der Waals surface area contributed by atoms with Crippen LogP contribution in [-0.4, -0.2) is 36.4 Å². The number of ether oxygens (including phenoxy) is 1. The van der Waals surface area contributed by atoms with E-state index < -0.39 is 6.04 Å². The molecule has 0 aromatic heterocycles. The Bertz CT molecular complexity index is 887. The molecule has 3 rings (SSSR count). The van der Waals surface area contributed by atoms with Gasteiger partial charge in [0, 0.05) is 18.3 Å². The molecular formula is C23H26N2O3. The third-order valence-electron chi connectivity index (χ3n) is 5.03. The molecule has 0 saturated carbocycles. The summed E-state index contributed by atoms with van der Waals surface area (Å²) in [6.07, 6.45) is 4.89. The van der Waals surface area contributed by atoms with Crippen LogP contribution in [-0.2, 0) is 9.59 Å². The first-order chi connectivity index (χ1) is 13.5. The van der Waals surface area contributed by atoms with Crippen molar-refractivity contribution in [1.82, 2.24) is 4.90 Å². The maximum atomic E-state index is 12.7. The topological polar surface area (TPSA) is 58.6 Å². The Morgan fingerprint density at radius 1 is 1.14 bits per heavy atom. The van der Waals surface area contributed by atoms with Crippen molar-refractivity contribution in [2.45, 2.75) is 32.7 Å². The Kier molecular flexibility index (Phi) is 6.14. The Labute approximate surface area is 166 Å². The third-order valence-corrected chi connectivity index (χ3v) is 5.03. The van der Waals surface area contributed by atoms with Gasteiger partial charge in [0.2, 0.25) is 11.8 Å². The molecule has 1 N–H and O–H groups in total. The van der Waals surface area contributed by atoms with E-state index in [1.165, 1.54) is 5.56 Å². The Hall–Kier alpha value is -3.08. The van der Waals surface area contributed by atoms with Gasteiger partial charge in [0.1, 0.15) is 11.8 Å². The summed E-state index contributed by atoms with van der Waals surface area (Å²) in [6, 6.07) is 12.8. The first-order valence-electron chi connectivity index (χ1n) is 9.49. The van der Waals surface area contributed by atoms with Crippen LogP contribution in [0.1, 0.15) is 29.5 Å². The molecular weight excluding hydrogens is 352 g/mol. The zero-order valence-electron chi connectivity index (χ0n) is 16.6. The summed E-state index contributed by atoms with van der Waals surface area (Å²) in [4.78, 5) is 27.0. The van der Waals surface area contributed by atoms with E-state index >= 15 is 0 Å². The third kappa shape index (κ3) is 4.60. The van der Waals surface area contributed by atoms with E-state index in [1.54, 1.807) is 42.4 Å². The number of aryl methyl sites for hydroxylation is 2. The minimum absolute atomic E-state index is 0.132. The summed E-state index contributed by atoms with van der Waals surface area (Å²) in [6.45, 7) is 4.66. The summed E-state index contributed by atoms with van der Waals surface area (Å²) in [5.41, 5.74) is 4.02. The second kappa shape index (κ2) is 8.74. The quantitative estimate of drug-likeness (QED) is 0.802. The number of carbonyl (C=O) groups excluding carboxylic acids is 2. The number of hydrogen-bond acceptors (Lipinski definition) is 3. The summed E-state index contributed by atoms with van der Waals surface area (Å²) >= 11 is 0. The lowest BCUT2D eigenvalue weighted by Crippen LogP contribution is -2.42. The molecule has 1 fully saturated rings. The first kappa shape index (κ1) is 19.7. The van der Waals surface area contributed by atoms with Crippen molar-refractivity contribution in [3.05, 3.63) is 65.2 Å². The molecule has 1 atom stereocenters. The summed E-state index contributed by atoms with van der Waals surface area (Å²) in [5.74, 6) is 0.440. The number of hydrogen-bond donors (Lipinski definition) is 1. The van der Waals surface area contributed by atoms with Gasteiger partial charge in [0.25, 0.3) is 0 Å². The van der Waals surface area contributed by atoms with Gasteiger partial charge in [-0.1, -0.05) is 23.8 Å². The van der Waals surface area contributed by atoms with Crippen molar-refractivity contribution < 1.29 is 14.3 Å². The molecule has 0 radical (unpaired) electrons. The fourth-order valence-electron chi connectivity index (χ4n) is 3.47. The standard InChI is InChI=1S/C23H26N2O3/c1-16-6-7-18(17(2)15-16)8-13-22(26)25-14-4-5-21(25)23(27)24-19-9-11-20(28-3)12-10-19/h6-13,15,21H,4-5,14H2,1-3H3,(H,24,27). The molecule has 5 nitrogen and oxygen atoms in total. The van der Waals surface area contributed by atoms with Gasteiger partial charge in [-0.3, -0.25) is 9.59 Å². The van der Waals surface area contributed by atoms with Crippen LogP contribution in [0, 0.1) is 13.8 Å². The number of nitrogens with zero attached hydrogens (tertiary/aromatic N) is 1. The highest BCUT2D eigenvalue weighted by molar-refractivity contribution is 6.00. The molecule has 5 heteroatoms. The fraction of sp³-hybridized carbons (Fsp3) is 0.304. The summed E-state index contributed by atoms with van der Waals surface area (Å²) < 4.78 is 5.13. The second-order valence-electron chi connectivity index (χ2n) is 7.10. The number of rotatable bonds is 5. The lowest BCUT2D eigenvalue weighted by Gasteiger charge is -2.22. The van der Waals surface area contributed by atoms with E-state index in [0.717, 1.165) is 23.3 Å². The van der Waals surface area contributed by atoms with Crippen molar-refractivity contribution in [1.29, 1.82) is 0 Å². The molecule has 1 aliphatic rings. The van der Waals surface area contributed by atoms with Gasteiger partial charge in [0.05, 0.1) is 7.11 Å². The molecule has 146 valence electrons. The second-order valence-corrected chi connectivity index (χ2v) is 7.10. The van der Waals surface area contributed by atoms with Gasteiger partial charge in [-0.05, 0) is 68.2 Å². The number of anilines is 1. The van der Waals surface area contributed by atoms with Crippen LogP contribution in [0.2, 0.25) is 0 Å². The number of carbonyl (C=O) groups is 2. The van der Waals surface area contributed by atoms with E-state index in [9.17, 15) is 9.59 Å². The van der Waals surface area contributed by atoms with Crippen LogP contribution < -0.4 is 10.1 Å². The van der Waals surface area contributed by atoms with E-state index in [0.29, 0.717) is 18.7 Å². The van der Waals surface area contributed by atoms with Gasteiger partial charge in [0.15, 0.2) is 0 Å². The van der Waals surface area contributed by atoms with Gasteiger partial charge < -0.3 is 15.0 Å². The van der Waals surface area contributed by atoms with Crippen molar-refractivity contribution in [3.8, 4) is 5.75 Å². The zero-order valence-corrected chi connectivity index (χ0v) is 16.6. The predicted molar refractivity (Wildman–Crippen MR) is 111 cm³/mol. The average Bonchev–Trinajstić information content (AvgIpc) is 3.18. The van der Waals surface area contributed by atoms with Crippen LogP contribution in [0.4, 0.5) is 5.69 Å². The maximum absolute atomic E-state index is 12.7. The van der Waals surface area contributed by atoms with E-state index in [2.05, 4.69) is 11.4 Å². The number of benzene rings is 2. The van der Waals surface area contributed by atoms with Gasteiger partial charge in [-0.2, -0.15) is 0 Å². The largest absolute Gasteiger partial charge is 0.497 e. The highest BCUT2D eigenvalue weighted by Gasteiger charge is 2.33. The maximum Gasteiger partial charge on any atom is 0.247 e. The fourth-order valence-corrected chi connectivity index (χ4v) is 3.47. The lowest BCUT2D eigenvalue weighted by atomic mass is 10.1. The molecule has 0 aliphatic carbocycles. The Balaban J connectivity index is 1.66. The van der Waals surface area contributed by atoms with E-state index in [1.807, 2.05) is 32.1 Å². The highest BCUT2D eigenvalue weighted by Crippen LogP contribution is 2.21. The zero-order chi connectivity index (χ0) is 20.1. The molecule has 28 heavy (non-hydrogen) atoms. The molecule has 1 aliphatic heterocycles. The summed E-state index contributed by atoms with van der Waals surface area (Å²) in [7, 11) is 1.60. The number of amides is 2. The normalized spacial score (nSPS) is 16.4. The van der Waals surface area contributed by atoms with Crippen molar-refractivity contribution in [2.75, 3.05) is 19.0 Å². The molecule has 1 saturated heterocycles. The van der Waals surface area contributed by atoms with Crippen LogP contribution in [0.25, 0.3) is 6.08 Å². The SMILES string of the molecule is COc1ccc(NC(=O)C2CCCN2C(=O)C=Cc2ccc(C)cc2C)cc1. The number of nitrogens with one attached hydrogen (secondary N) is 1. The van der Waals surface area contributed by atoms with Crippen LogP contribution in [0.5, 0.6) is 5.75 Å². The van der Waals surface area contributed by atoms with E-state index in [4.69, 9.17) is 4.74 Å². The molecule has 2 aromatic rings. The average molecular weight is 378 g/mol. The van der Waals surface area contributed by atoms with Crippen molar-refractivity contribution in [3.63, 3.8) is 0 Å². The molecule has 0 spiro atoms. The van der Waals surface area contributed by atoms with Gasteiger partial charge >= 0.3 is 0 Å². The lowest BCUT2D eigenvalue weighted by molar-refractivity contribution is -0.132. The Morgan fingerprint density at radius 2 is 1.89 bits per heavy atom. The van der Waals surface area contributed by atoms with Crippen molar-refractivity contribution >= 4 is 23.6 Å². The number of methoxy groups -OCH3 is 1. The predicted octanol–water partition coefficient (Wildman–Crippen LogP) is 3.95. The monoisotopic (exact) mass is 378 g/mol.